The molecule has 0 spiro atoms. The fraction of sp³-hybridized carbons (Fsp3) is 0.216. The standard InChI is InChI=1S/C37H32BrCl2N7O4/c1-49-36-29(34-44-10-11-45-34)8-9-31(46-36)28-7-3-6-27(33(28)40)26-5-2-4-24(32(26)39)21-51-37-30(38)15-25(19-42-12-13-48)35(47-37)50-20-23-14-22(16-41)17-43-18-23/h2-9,14-15,17-18,42,48H,10-13,19-21H2,1H3,(H,44,45). The molecule has 1 aliphatic rings. The van der Waals surface area contributed by atoms with E-state index < -0.39 is 0 Å². The van der Waals surface area contributed by atoms with Crippen molar-refractivity contribution >= 4 is 45.0 Å². The molecule has 260 valence electrons. The third kappa shape index (κ3) is 8.41. The van der Waals surface area contributed by atoms with Crippen LogP contribution >= 0.6 is 39.1 Å². The maximum atomic E-state index is 9.25. The molecular formula is C37H32BrCl2N7O4. The van der Waals surface area contributed by atoms with E-state index in [1.54, 1.807) is 19.4 Å². The number of ether oxygens (including phenoxy) is 3. The third-order valence-corrected chi connectivity index (χ3v) is 9.30. The Morgan fingerprint density at radius 3 is 2.45 bits per heavy atom. The van der Waals surface area contributed by atoms with Crippen molar-refractivity contribution in [1.82, 2.24) is 25.6 Å². The summed E-state index contributed by atoms with van der Waals surface area (Å²) in [5.74, 6) is 1.83. The van der Waals surface area contributed by atoms with Crippen molar-refractivity contribution in [3.8, 4) is 46.1 Å². The lowest BCUT2D eigenvalue weighted by molar-refractivity contribution is 0.262. The van der Waals surface area contributed by atoms with E-state index in [0.717, 1.165) is 40.2 Å². The van der Waals surface area contributed by atoms with Crippen molar-refractivity contribution in [2.24, 2.45) is 4.99 Å². The summed E-state index contributed by atoms with van der Waals surface area (Å²) >= 11 is 17.7. The number of aliphatic hydroxyl groups is 1. The smallest absolute Gasteiger partial charge is 0.231 e. The Kier molecular flexibility index (Phi) is 12.0. The van der Waals surface area contributed by atoms with Crippen LogP contribution in [0.2, 0.25) is 10.0 Å². The van der Waals surface area contributed by atoms with E-state index in [4.69, 9.17) is 42.4 Å². The van der Waals surface area contributed by atoms with E-state index in [9.17, 15) is 10.4 Å². The molecule has 2 aromatic carbocycles. The fourth-order valence-corrected chi connectivity index (χ4v) is 6.50. The predicted molar refractivity (Wildman–Crippen MR) is 199 cm³/mol. The molecule has 0 bridgehead atoms. The number of nitriles is 1. The quantitative estimate of drug-likeness (QED) is 0.103. The number of rotatable bonds is 14. The first kappa shape index (κ1) is 36.0. The fourth-order valence-electron chi connectivity index (χ4n) is 5.42. The third-order valence-electron chi connectivity index (χ3n) is 7.88. The molecular weight excluding hydrogens is 757 g/mol. The molecule has 14 heteroatoms. The molecule has 4 heterocycles. The first-order valence-corrected chi connectivity index (χ1v) is 17.5. The molecule has 0 saturated carbocycles. The lowest BCUT2D eigenvalue weighted by Gasteiger charge is -2.16. The van der Waals surface area contributed by atoms with Gasteiger partial charge in [-0.25, -0.2) is 4.98 Å². The molecule has 1 aliphatic heterocycles. The van der Waals surface area contributed by atoms with Crippen molar-refractivity contribution in [3.63, 3.8) is 0 Å². The number of nitrogens with one attached hydrogen (secondary N) is 2. The van der Waals surface area contributed by atoms with E-state index in [1.165, 1.54) is 6.20 Å². The zero-order valence-corrected chi connectivity index (χ0v) is 30.5. The highest BCUT2D eigenvalue weighted by atomic mass is 79.9. The van der Waals surface area contributed by atoms with Gasteiger partial charge >= 0.3 is 0 Å². The van der Waals surface area contributed by atoms with Gasteiger partial charge < -0.3 is 30.0 Å². The highest BCUT2D eigenvalue weighted by Crippen LogP contribution is 2.41. The number of pyridine rings is 3. The second-order valence-electron chi connectivity index (χ2n) is 11.3. The molecule has 6 rings (SSSR count). The number of aliphatic hydroxyl groups excluding tert-OH is 1. The van der Waals surface area contributed by atoms with Gasteiger partial charge in [-0.05, 0) is 40.2 Å². The van der Waals surface area contributed by atoms with Gasteiger partial charge in [-0.2, -0.15) is 10.2 Å². The average molecular weight is 790 g/mol. The summed E-state index contributed by atoms with van der Waals surface area (Å²) in [6.45, 7) is 2.50. The molecule has 0 saturated heterocycles. The first-order valence-electron chi connectivity index (χ1n) is 15.9. The lowest BCUT2D eigenvalue weighted by atomic mass is 9.99. The summed E-state index contributed by atoms with van der Waals surface area (Å²) < 4.78 is 18.5. The van der Waals surface area contributed by atoms with Crippen LogP contribution in [0.3, 0.4) is 0 Å². The Morgan fingerprint density at radius 1 is 0.902 bits per heavy atom. The lowest BCUT2D eigenvalue weighted by Crippen LogP contribution is -2.20. The predicted octanol–water partition coefficient (Wildman–Crippen LogP) is 6.74. The summed E-state index contributed by atoms with van der Waals surface area (Å²) in [5, 5.41) is 25.9. The van der Waals surface area contributed by atoms with Crippen LogP contribution in [0.25, 0.3) is 22.4 Å². The zero-order chi connectivity index (χ0) is 35.7. The van der Waals surface area contributed by atoms with E-state index in [2.05, 4.69) is 47.6 Å². The van der Waals surface area contributed by atoms with Crippen molar-refractivity contribution < 1.29 is 19.3 Å². The van der Waals surface area contributed by atoms with Gasteiger partial charge in [0.1, 0.15) is 25.1 Å². The monoisotopic (exact) mass is 787 g/mol. The van der Waals surface area contributed by atoms with E-state index >= 15 is 0 Å². The van der Waals surface area contributed by atoms with Crippen LogP contribution in [0.5, 0.6) is 17.6 Å². The van der Waals surface area contributed by atoms with Gasteiger partial charge in [0.25, 0.3) is 0 Å². The first-order chi connectivity index (χ1) is 24.9. The summed E-state index contributed by atoms with van der Waals surface area (Å²) in [6, 6.07) is 20.9. The largest absolute Gasteiger partial charge is 0.480 e. The Labute approximate surface area is 313 Å². The molecule has 5 aromatic rings. The topological polar surface area (TPSA) is 147 Å². The van der Waals surface area contributed by atoms with Crippen LogP contribution in [0, 0.1) is 11.3 Å². The zero-order valence-electron chi connectivity index (χ0n) is 27.4. The maximum Gasteiger partial charge on any atom is 0.231 e. The molecule has 3 aromatic heterocycles. The van der Waals surface area contributed by atoms with Crippen LogP contribution < -0.4 is 24.8 Å². The molecule has 0 amide bonds. The average Bonchev–Trinajstić information content (AvgIpc) is 3.70. The van der Waals surface area contributed by atoms with E-state index in [0.29, 0.717) is 74.2 Å². The number of halogens is 3. The van der Waals surface area contributed by atoms with Gasteiger partial charge in [0.15, 0.2) is 0 Å². The summed E-state index contributed by atoms with van der Waals surface area (Å²) in [7, 11) is 1.58. The number of hydrogen-bond acceptors (Lipinski definition) is 11. The minimum atomic E-state index is -0.0128. The van der Waals surface area contributed by atoms with Crippen LogP contribution in [-0.4, -0.2) is 59.2 Å². The van der Waals surface area contributed by atoms with Gasteiger partial charge in [0, 0.05) is 65.4 Å². The van der Waals surface area contributed by atoms with Crippen LogP contribution in [0.4, 0.5) is 0 Å². The number of benzene rings is 2. The Bertz CT molecular complexity index is 2130. The Balaban J connectivity index is 1.24. The van der Waals surface area contributed by atoms with Crippen molar-refractivity contribution in [2.75, 3.05) is 33.4 Å². The Morgan fingerprint density at radius 2 is 1.69 bits per heavy atom. The van der Waals surface area contributed by atoms with Gasteiger partial charge in [-0.1, -0.05) is 59.6 Å². The van der Waals surface area contributed by atoms with Crippen LogP contribution in [-0.2, 0) is 19.8 Å². The number of amidine groups is 1. The molecule has 51 heavy (non-hydrogen) atoms. The van der Waals surface area contributed by atoms with E-state index in [-0.39, 0.29) is 19.8 Å². The Hall–Kier alpha value is -4.77. The highest BCUT2D eigenvalue weighted by Gasteiger charge is 2.20. The summed E-state index contributed by atoms with van der Waals surface area (Å²) in [6.07, 6.45) is 3.12. The maximum absolute atomic E-state index is 9.25. The molecule has 0 unspecified atom stereocenters. The van der Waals surface area contributed by atoms with Crippen molar-refractivity contribution in [1.29, 1.82) is 5.26 Å². The summed E-state index contributed by atoms with van der Waals surface area (Å²) in [4.78, 5) is 18.0. The molecule has 0 aliphatic carbocycles. The number of methoxy groups -OCH3 is 1. The minimum Gasteiger partial charge on any atom is -0.480 e. The number of nitrogens with zero attached hydrogens (tertiary/aromatic N) is 5. The second-order valence-corrected chi connectivity index (χ2v) is 12.9. The normalized spacial score (nSPS) is 12.2. The minimum absolute atomic E-state index is 0.0128. The van der Waals surface area contributed by atoms with E-state index in [1.807, 2.05) is 54.6 Å². The molecule has 0 fully saturated rings. The number of aromatic nitrogens is 3. The molecule has 0 atom stereocenters. The van der Waals surface area contributed by atoms with Crippen LogP contribution in [0.1, 0.15) is 27.8 Å². The van der Waals surface area contributed by atoms with Gasteiger partial charge in [0.2, 0.25) is 17.6 Å². The highest BCUT2D eigenvalue weighted by molar-refractivity contribution is 9.10. The van der Waals surface area contributed by atoms with Gasteiger partial charge in [0.05, 0.1) is 51.6 Å². The van der Waals surface area contributed by atoms with Gasteiger partial charge in [-0.3, -0.25) is 9.98 Å². The summed E-state index contributed by atoms with van der Waals surface area (Å²) in [5.41, 5.74) is 6.23. The SMILES string of the molecule is COc1nc(-c2cccc(-c3cccc(COc4nc(OCc5cncc(C#N)c5)c(CNCCO)cc4Br)c3Cl)c2Cl)ccc1C1=NCCN1. The molecule has 0 radical (unpaired) electrons. The van der Waals surface area contributed by atoms with Crippen LogP contribution in [0.15, 0.2) is 82.5 Å². The number of hydrogen-bond donors (Lipinski definition) is 3. The molecule has 3 N–H and O–H groups in total. The number of aliphatic imine (C=N–C) groups is 1. The van der Waals surface area contributed by atoms with Gasteiger partial charge in [-0.15, -0.1) is 0 Å². The molecule has 11 nitrogen and oxygen atoms in total. The van der Waals surface area contributed by atoms with Crippen molar-refractivity contribution in [3.05, 3.63) is 115 Å². The van der Waals surface area contributed by atoms with Crippen molar-refractivity contribution in [2.45, 2.75) is 19.8 Å². The second kappa shape index (κ2) is 17.0.